The van der Waals surface area contributed by atoms with E-state index in [9.17, 15) is 13.6 Å². The van der Waals surface area contributed by atoms with Gasteiger partial charge in [0.1, 0.15) is 0 Å². The predicted octanol–water partition coefficient (Wildman–Crippen LogP) is 3.87. The number of halogens is 2. The van der Waals surface area contributed by atoms with Crippen LogP contribution in [0.3, 0.4) is 0 Å². The zero-order valence-electron chi connectivity index (χ0n) is 10.8. The van der Waals surface area contributed by atoms with Crippen LogP contribution in [0.4, 0.5) is 8.78 Å². The van der Waals surface area contributed by atoms with Crippen LogP contribution in [0.1, 0.15) is 15.9 Å². The van der Waals surface area contributed by atoms with Gasteiger partial charge >= 0.3 is 0 Å². The van der Waals surface area contributed by atoms with Crippen LogP contribution in [0.15, 0.2) is 48.5 Å². The van der Waals surface area contributed by atoms with Crippen molar-refractivity contribution in [3.8, 4) is 5.75 Å². The molecule has 0 unspecified atom stereocenters. The Kier molecular flexibility index (Phi) is 4.25. The van der Waals surface area contributed by atoms with E-state index in [0.717, 1.165) is 11.6 Å². The molecule has 0 atom stereocenters. The van der Waals surface area contributed by atoms with Gasteiger partial charge in [0.25, 0.3) is 0 Å². The fourth-order valence-corrected chi connectivity index (χ4v) is 1.69. The van der Waals surface area contributed by atoms with E-state index in [1.54, 1.807) is 6.08 Å². The zero-order chi connectivity index (χ0) is 14.5. The number of ketones is 1. The molecule has 0 radical (unpaired) electrons. The maximum Gasteiger partial charge on any atom is 0.200 e. The molecule has 0 heterocycles. The second-order valence-corrected chi connectivity index (χ2v) is 4.08. The van der Waals surface area contributed by atoms with Crippen LogP contribution in [0.5, 0.6) is 5.75 Å². The Bertz CT molecular complexity index is 649. The quantitative estimate of drug-likeness (QED) is 0.625. The highest BCUT2D eigenvalue weighted by molar-refractivity contribution is 6.07. The Hall–Kier alpha value is -2.49. The molecule has 2 aromatic rings. The minimum Gasteiger partial charge on any atom is -0.494 e. The monoisotopic (exact) mass is 274 g/mol. The van der Waals surface area contributed by atoms with Crippen molar-refractivity contribution in [3.05, 3.63) is 71.3 Å². The Morgan fingerprint density at radius 1 is 1.15 bits per heavy atom. The number of rotatable bonds is 4. The number of hydrogen-bond acceptors (Lipinski definition) is 2. The number of allylic oxidation sites excluding steroid dienone is 1. The second kappa shape index (κ2) is 6.10. The standard InChI is InChI=1S/C16H12F2O2/c1-20-15-10-12(9-13(17)16(15)18)14(19)8-7-11-5-3-2-4-6-11/h2-10H,1H3. The number of benzene rings is 2. The fourth-order valence-electron chi connectivity index (χ4n) is 1.69. The summed E-state index contributed by atoms with van der Waals surface area (Å²) in [6, 6.07) is 11.2. The molecule has 0 N–H and O–H groups in total. The molecule has 2 nitrogen and oxygen atoms in total. The molecule has 0 bridgehead atoms. The summed E-state index contributed by atoms with van der Waals surface area (Å²) in [5.74, 6) is -2.93. The van der Waals surface area contributed by atoms with Gasteiger partial charge in [-0.15, -0.1) is 0 Å². The Labute approximate surface area is 115 Å². The highest BCUT2D eigenvalue weighted by atomic mass is 19.2. The maximum atomic E-state index is 13.3. The average Bonchev–Trinajstić information content (AvgIpc) is 2.48. The molecule has 2 rings (SSSR count). The van der Waals surface area contributed by atoms with E-state index in [-0.39, 0.29) is 11.3 Å². The summed E-state index contributed by atoms with van der Waals surface area (Å²) in [5.41, 5.74) is 0.878. The molecule has 0 aliphatic heterocycles. The van der Waals surface area contributed by atoms with E-state index in [1.807, 2.05) is 30.3 Å². The summed E-state index contributed by atoms with van der Waals surface area (Å²) >= 11 is 0. The van der Waals surface area contributed by atoms with Crippen LogP contribution in [0.2, 0.25) is 0 Å². The molecule has 0 aliphatic carbocycles. The number of methoxy groups -OCH3 is 1. The van der Waals surface area contributed by atoms with Crippen LogP contribution in [0.25, 0.3) is 6.08 Å². The Morgan fingerprint density at radius 3 is 2.50 bits per heavy atom. The molecule has 102 valence electrons. The van der Waals surface area contributed by atoms with E-state index in [4.69, 9.17) is 0 Å². The maximum absolute atomic E-state index is 13.3. The highest BCUT2D eigenvalue weighted by Gasteiger charge is 2.14. The van der Waals surface area contributed by atoms with Crippen molar-refractivity contribution in [1.82, 2.24) is 0 Å². The first-order chi connectivity index (χ1) is 9.61. The van der Waals surface area contributed by atoms with Gasteiger partial charge in [0.05, 0.1) is 7.11 Å². The first-order valence-electron chi connectivity index (χ1n) is 5.92. The number of ether oxygens (including phenoxy) is 1. The molecule has 0 aliphatic rings. The number of hydrogen-bond donors (Lipinski definition) is 0. The van der Waals surface area contributed by atoms with Crippen LogP contribution in [-0.2, 0) is 0 Å². The van der Waals surface area contributed by atoms with E-state index in [0.29, 0.717) is 0 Å². The molecule has 4 heteroatoms. The van der Waals surface area contributed by atoms with Crippen molar-refractivity contribution in [2.24, 2.45) is 0 Å². The minimum atomic E-state index is -1.11. The van der Waals surface area contributed by atoms with Crippen molar-refractivity contribution in [2.45, 2.75) is 0 Å². The summed E-state index contributed by atoms with van der Waals surface area (Å²) in [5, 5.41) is 0. The third-order valence-corrected chi connectivity index (χ3v) is 2.73. The lowest BCUT2D eigenvalue weighted by Crippen LogP contribution is -2.00. The van der Waals surface area contributed by atoms with Crippen molar-refractivity contribution < 1.29 is 18.3 Å². The molecule has 2 aromatic carbocycles. The van der Waals surface area contributed by atoms with E-state index in [2.05, 4.69) is 4.74 Å². The normalized spacial score (nSPS) is 10.8. The van der Waals surface area contributed by atoms with Gasteiger partial charge in [-0.1, -0.05) is 36.4 Å². The van der Waals surface area contributed by atoms with Gasteiger partial charge in [0, 0.05) is 5.56 Å². The van der Waals surface area contributed by atoms with Gasteiger partial charge < -0.3 is 4.74 Å². The van der Waals surface area contributed by atoms with Crippen LogP contribution < -0.4 is 4.74 Å². The number of carbonyl (C=O) groups is 1. The molecule has 0 fully saturated rings. The van der Waals surface area contributed by atoms with Crippen LogP contribution in [-0.4, -0.2) is 12.9 Å². The summed E-state index contributed by atoms with van der Waals surface area (Å²) in [6.45, 7) is 0. The third kappa shape index (κ3) is 3.09. The smallest absolute Gasteiger partial charge is 0.200 e. The van der Waals surface area contributed by atoms with Crippen LogP contribution >= 0.6 is 0 Å². The first-order valence-corrected chi connectivity index (χ1v) is 5.92. The van der Waals surface area contributed by atoms with Crippen molar-refractivity contribution in [3.63, 3.8) is 0 Å². The summed E-state index contributed by atoms with van der Waals surface area (Å²) in [4.78, 5) is 11.9. The summed E-state index contributed by atoms with van der Waals surface area (Å²) in [6.07, 6.45) is 2.91. The first kappa shape index (κ1) is 13.9. The summed E-state index contributed by atoms with van der Waals surface area (Å²) < 4.78 is 31.3. The van der Waals surface area contributed by atoms with Gasteiger partial charge in [0.15, 0.2) is 17.3 Å². The van der Waals surface area contributed by atoms with Crippen molar-refractivity contribution in [2.75, 3.05) is 7.11 Å². The van der Waals surface area contributed by atoms with E-state index >= 15 is 0 Å². The van der Waals surface area contributed by atoms with Crippen molar-refractivity contribution in [1.29, 1.82) is 0 Å². The van der Waals surface area contributed by atoms with Gasteiger partial charge in [-0.3, -0.25) is 4.79 Å². The molecule has 0 saturated carbocycles. The topological polar surface area (TPSA) is 26.3 Å². The van der Waals surface area contributed by atoms with Crippen molar-refractivity contribution >= 4 is 11.9 Å². The average molecular weight is 274 g/mol. The lowest BCUT2D eigenvalue weighted by Gasteiger charge is -2.04. The molecule has 0 spiro atoms. The molecule has 0 saturated heterocycles. The fraction of sp³-hybridized carbons (Fsp3) is 0.0625. The molecule has 0 aromatic heterocycles. The van der Waals surface area contributed by atoms with Gasteiger partial charge in [-0.2, -0.15) is 4.39 Å². The number of carbonyl (C=O) groups excluding carboxylic acids is 1. The third-order valence-electron chi connectivity index (χ3n) is 2.73. The lowest BCUT2D eigenvalue weighted by molar-refractivity contribution is 0.104. The van der Waals surface area contributed by atoms with E-state index < -0.39 is 17.4 Å². The molecular weight excluding hydrogens is 262 g/mol. The Balaban J connectivity index is 2.26. The second-order valence-electron chi connectivity index (χ2n) is 4.08. The zero-order valence-corrected chi connectivity index (χ0v) is 10.8. The highest BCUT2D eigenvalue weighted by Crippen LogP contribution is 2.22. The largest absolute Gasteiger partial charge is 0.494 e. The lowest BCUT2D eigenvalue weighted by atomic mass is 10.1. The van der Waals surface area contributed by atoms with Crippen LogP contribution in [0, 0.1) is 11.6 Å². The van der Waals surface area contributed by atoms with E-state index in [1.165, 1.54) is 19.3 Å². The van der Waals surface area contributed by atoms with Gasteiger partial charge in [-0.25, -0.2) is 4.39 Å². The van der Waals surface area contributed by atoms with Gasteiger partial charge in [-0.05, 0) is 23.8 Å². The molecule has 20 heavy (non-hydrogen) atoms. The Morgan fingerprint density at radius 2 is 1.85 bits per heavy atom. The summed E-state index contributed by atoms with van der Waals surface area (Å²) in [7, 11) is 1.21. The predicted molar refractivity (Wildman–Crippen MR) is 72.7 cm³/mol. The minimum absolute atomic E-state index is 0.0351. The molecular formula is C16H12F2O2. The molecule has 0 amide bonds. The van der Waals surface area contributed by atoms with Gasteiger partial charge in [0.2, 0.25) is 5.82 Å². The SMILES string of the molecule is COc1cc(C(=O)C=Cc2ccccc2)cc(F)c1F.